The van der Waals surface area contributed by atoms with E-state index in [-0.39, 0.29) is 0 Å². The molecule has 2 rings (SSSR count). The van der Waals surface area contributed by atoms with E-state index in [1.807, 2.05) is 12.1 Å². The second kappa shape index (κ2) is 3.39. The minimum atomic E-state index is 0.862. The maximum absolute atomic E-state index is 4.28. The van der Waals surface area contributed by atoms with Crippen molar-refractivity contribution in [2.75, 3.05) is 0 Å². The number of fused-ring (bicyclic) bond motifs is 1. The minimum absolute atomic E-state index is 0.862. The molecule has 0 aliphatic heterocycles. The van der Waals surface area contributed by atoms with Crippen molar-refractivity contribution in [3.63, 3.8) is 0 Å². The van der Waals surface area contributed by atoms with E-state index in [0.29, 0.717) is 0 Å². The van der Waals surface area contributed by atoms with Crippen molar-refractivity contribution >= 4 is 42.6 Å². The van der Waals surface area contributed by atoms with Gasteiger partial charge in [0.05, 0.1) is 0 Å². The lowest BCUT2D eigenvalue weighted by Crippen LogP contribution is -1.83. The van der Waals surface area contributed by atoms with Gasteiger partial charge in [-0.15, -0.1) is 0 Å². The van der Waals surface area contributed by atoms with Crippen LogP contribution < -0.4 is 0 Å². The highest BCUT2D eigenvalue weighted by Gasteiger charge is 2.03. The summed E-state index contributed by atoms with van der Waals surface area (Å²) in [6.07, 6.45) is 0. The highest BCUT2D eigenvalue weighted by atomic mass is 79.9. The van der Waals surface area contributed by atoms with Crippen LogP contribution in [0.4, 0.5) is 0 Å². The van der Waals surface area contributed by atoms with Gasteiger partial charge in [0.15, 0.2) is 0 Å². The van der Waals surface area contributed by atoms with Crippen LogP contribution in [0.5, 0.6) is 0 Å². The number of hydrogen-bond acceptors (Lipinski definition) is 1. The number of aromatic nitrogens is 1. The first-order valence-electron chi connectivity index (χ1n) is 3.90. The van der Waals surface area contributed by atoms with E-state index in [4.69, 9.17) is 0 Å². The topological polar surface area (TPSA) is 12.9 Å². The lowest BCUT2D eigenvalue weighted by molar-refractivity contribution is 1.26. The number of benzene rings is 1. The second-order valence-electron chi connectivity index (χ2n) is 2.91. The number of halogens is 2. The molecule has 0 fully saturated rings. The number of pyridine rings is 1. The molecule has 0 saturated carbocycles. The summed E-state index contributed by atoms with van der Waals surface area (Å²) in [5, 5.41) is 2.39. The van der Waals surface area contributed by atoms with Crippen LogP contribution in [0.15, 0.2) is 33.5 Å². The van der Waals surface area contributed by atoms with Gasteiger partial charge in [0, 0.05) is 5.39 Å². The van der Waals surface area contributed by atoms with Gasteiger partial charge in [0.25, 0.3) is 0 Å². The van der Waals surface area contributed by atoms with Gasteiger partial charge in [-0.3, -0.25) is 0 Å². The van der Waals surface area contributed by atoms with E-state index in [0.717, 1.165) is 14.6 Å². The fourth-order valence-corrected chi connectivity index (χ4v) is 2.54. The normalized spacial score (nSPS) is 10.7. The molecule has 1 aromatic heterocycles. The number of hydrogen-bond donors (Lipinski definition) is 0. The maximum Gasteiger partial charge on any atom is 0.115 e. The average molecular weight is 301 g/mol. The molecule has 0 bridgehead atoms. The van der Waals surface area contributed by atoms with Gasteiger partial charge in [-0.2, -0.15) is 0 Å². The molecule has 0 spiro atoms. The zero-order chi connectivity index (χ0) is 9.42. The molecular formula is C10H7Br2N. The Kier molecular flexibility index (Phi) is 2.39. The molecule has 13 heavy (non-hydrogen) atoms. The smallest absolute Gasteiger partial charge is 0.115 e. The lowest BCUT2D eigenvalue weighted by Gasteiger charge is -2.03. The molecule has 0 amide bonds. The van der Waals surface area contributed by atoms with Crippen molar-refractivity contribution in [2.45, 2.75) is 6.92 Å². The highest BCUT2D eigenvalue weighted by Crippen LogP contribution is 2.27. The third kappa shape index (κ3) is 1.63. The van der Waals surface area contributed by atoms with E-state index in [9.17, 15) is 0 Å². The Labute approximate surface area is 93.4 Å². The molecular weight excluding hydrogens is 294 g/mol. The molecule has 0 atom stereocenters. The quantitative estimate of drug-likeness (QED) is 0.668. The fourth-order valence-electron chi connectivity index (χ4n) is 1.36. The predicted molar refractivity (Wildman–Crippen MR) is 61.9 cm³/mol. The van der Waals surface area contributed by atoms with E-state index in [1.54, 1.807) is 0 Å². The molecule has 2 aromatic rings. The summed E-state index contributed by atoms with van der Waals surface area (Å²) in [7, 11) is 0. The zero-order valence-corrected chi connectivity index (χ0v) is 10.2. The van der Waals surface area contributed by atoms with Crippen LogP contribution in [-0.4, -0.2) is 4.98 Å². The fraction of sp³-hybridized carbons (Fsp3) is 0.100. The van der Waals surface area contributed by atoms with Crippen molar-refractivity contribution in [3.05, 3.63) is 39.0 Å². The first kappa shape index (κ1) is 9.16. The Morgan fingerprint density at radius 1 is 1.15 bits per heavy atom. The third-order valence-corrected chi connectivity index (χ3v) is 3.03. The summed E-state index contributed by atoms with van der Waals surface area (Å²) in [6.45, 7) is 2.10. The Hall–Kier alpha value is -0.410. The molecule has 0 radical (unpaired) electrons. The Balaban J connectivity index is 2.94. The van der Waals surface area contributed by atoms with Crippen LogP contribution in [-0.2, 0) is 0 Å². The molecule has 1 aromatic carbocycles. The molecule has 0 saturated heterocycles. The molecule has 66 valence electrons. The van der Waals surface area contributed by atoms with E-state index >= 15 is 0 Å². The molecule has 0 unspecified atom stereocenters. The molecule has 0 aliphatic carbocycles. The summed E-state index contributed by atoms with van der Waals surface area (Å²) >= 11 is 6.82. The van der Waals surface area contributed by atoms with Crippen LogP contribution >= 0.6 is 31.9 Å². The van der Waals surface area contributed by atoms with Crippen LogP contribution in [0.2, 0.25) is 0 Å². The Morgan fingerprint density at radius 3 is 2.69 bits per heavy atom. The zero-order valence-electron chi connectivity index (χ0n) is 7.01. The molecule has 0 aliphatic rings. The summed E-state index contributed by atoms with van der Waals surface area (Å²) in [5.74, 6) is 0. The van der Waals surface area contributed by atoms with E-state index in [1.165, 1.54) is 10.9 Å². The highest BCUT2D eigenvalue weighted by molar-refractivity contribution is 9.11. The van der Waals surface area contributed by atoms with Crippen molar-refractivity contribution in [1.29, 1.82) is 0 Å². The van der Waals surface area contributed by atoms with Crippen LogP contribution in [0, 0.1) is 6.92 Å². The molecule has 3 heteroatoms. The average Bonchev–Trinajstić information content (AvgIpc) is 2.07. The monoisotopic (exact) mass is 299 g/mol. The van der Waals surface area contributed by atoms with Crippen LogP contribution in [0.3, 0.4) is 0 Å². The van der Waals surface area contributed by atoms with Gasteiger partial charge in [0.1, 0.15) is 9.21 Å². The summed E-state index contributed by atoms with van der Waals surface area (Å²) < 4.78 is 1.75. The van der Waals surface area contributed by atoms with Crippen molar-refractivity contribution in [1.82, 2.24) is 4.98 Å². The first-order valence-corrected chi connectivity index (χ1v) is 5.48. The summed E-state index contributed by atoms with van der Waals surface area (Å²) in [5.41, 5.74) is 1.27. The predicted octanol–water partition coefficient (Wildman–Crippen LogP) is 4.07. The van der Waals surface area contributed by atoms with Gasteiger partial charge in [0.2, 0.25) is 0 Å². The minimum Gasteiger partial charge on any atom is -0.233 e. The molecule has 1 nitrogen and oxygen atoms in total. The summed E-state index contributed by atoms with van der Waals surface area (Å²) in [6, 6.07) is 8.24. The van der Waals surface area contributed by atoms with E-state index < -0.39 is 0 Å². The van der Waals surface area contributed by atoms with Crippen LogP contribution in [0.25, 0.3) is 10.8 Å². The SMILES string of the molecule is Cc1cccc2c(Br)nc(Br)cc12. The molecule has 0 N–H and O–H groups in total. The Bertz CT molecular complexity index is 466. The number of nitrogens with zero attached hydrogens (tertiary/aromatic N) is 1. The summed E-state index contributed by atoms with van der Waals surface area (Å²) in [4.78, 5) is 4.28. The number of rotatable bonds is 0. The van der Waals surface area contributed by atoms with Gasteiger partial charge < -0.3 is 0 Å². The van der Waals surface area contributed by atoms with Gasteiger partial charge in [-0.1, -0.05) is 18.2 Å². The van der Waals surface area contributed by atoms with Crippen molar-refractivity contribution < 1.29 is 0 Å². The maximum atomic E-state index is 4.28. The van der Waals surface area contributed by atoms with E-state index in [2.05, 4.69) is 55.9 Å². The Morgan fingerprint density at radius 2 is 1.92 bits per heavy atom. The number of aryl methyl sites for hydroxylation is 1. The van der Waals surface area contributed by atoms with Gasteiger partial charge in [-0.05, 0) is 55.8 Å². The third-order valence-electron chi connectivity index (χ3n) is 2.01. The second-order valence-corrected chi connectivity index (χ2v) is 4.47. The van der Waals surface area contributed by atoms with Crippen molar-refractivity contribution in [3.8, 4) is 0 Å². The standard InChI is InChI=1S/C10H7Br2N/c1-6-3-2-4-7-8(6)5-9(11)13-10(7)12/h2-5H,1H3. The van der Waals surface area contributed by atoms with Gasteiger partial charge in [-0.25, -0.2) is 4.98 Å². The van der Waals surface area contributed by atoms with Crippen LogP contribution in [0.1, 0.15) is 5.56 Å². The van der Waals surface area contributed by atoms with Crippen molar-refractivity contribution in [2.24, 2.45) is 0 Å². The largest absolute Gasteiger partial charge is 0.233 e. The lowest BCUT2D eigenvalue weighted by atomic mass is 10.1. The first-order chi connectivity index (χ1) is 6.18. The molecule has 1 heterocycles. The van der Waals surface area contributed by atoms with Gasteiger partial charge >= 0.3 is 0 Å².